The molecule has 0 aliphatic carbocycles. The third-order valence-corrected chi connectivity index (χ3v) is 2.18. The molecule has 0 unspecified atom stereocenters. The molecule has 0 saturated carbocycles. The molecular formula is C12H17NO. The zero-order valence-electron chi connectivity index (χ0n) is 8.75. The normalized spacial score (nSPS) is 11.1. The highest BCUT2D eigenvalue weighted by atomic mass is 16.3. The van der Waals surface area contributed by atoms with Crippen LogP contribution in [-0.2, 0) is 6.61 Å². The van der Waals surface area contributed by atoms with Crippen LogP contribution in [0.15, 0.2) is 24.3 Å². The first-order valence-electron chi connectivity index (χ1n) is 4.79. The third-order valence-electron chi connectivity index (χ3n) is 2.18. The molecule has 1 rings (SSSR count). The summed E-state index contributed by atoms with van der Waals surface area (Å²) in [5.74, 6) is 0. The average molecular weight is 191 g/mol. The van der Waals surface area contributed by atoms with Crippen molar-refractivity contribution in [3.05, 3.63) is 41.0 Å². The number of aryl methyl sites for hydroxylation is 1. The Kier molecular flexibility index (Phi) is 4.36. The first-order valence-corrected chi connectivity index (χ1v) is 4.79. The lowest BCUT2D eigenvalue weighted by Gasteiger charge is -2.03. The van der Waals surface area contributed by atoms with Crippen molar-refractivity contribution >= 4 is 6.08 Å². The van der Waals surface area contributed by atoms with Crippen LogP contribution in [-0.4, -0.2) is 18.7 Å². The Morgan fingerprint density at radius 3 is 2.86 bits per heavy atom. The number of rotatable bonds is 4. The Morgan fingerprint density at radius 1 is 1.43 bits per heavy atom. The molecule has 0 aromatic heterocycles. The van der Waals surface area contributed by atoms with Gasteiger partial charge in [-0.15, -0.1) is 0 Å². The molecule has 1 aromatic carbocycles. The van der Waals surface area contributed by atoms with Crippen LogP contribution >= 0.6 is 0 Å². The predicted octanol–water partition coefficient (Wildman–Crippen LogP) is 1.72. The highest BCUT2D eigenvalue weighted by Crippen LogP contribution is 2.12. The molecular weight excluding hydrogens is 174 g/mol. The average Bonchev–Trinajstić information content (AvgIpc) is 2.21. The van der Waals surface area contributed by atoms with Gasteiger partial charge in [-0.3, -0.25) is 0 Å². The van der Waals surface area contributed by atoms with Crippen molar-refractivity contribution in [3.63, 3.8) is 0 Å². The zero-order valence-corrected chi connectivity index (χ0v) is 8.75. The molecule has 0 fully saturated rings. The molecule has 2 nitrogen and oxygen atoms in total. The van der Waals surface area contributed by atoms with E-state index < -0.39 is 0 Å². The lowest BCUT2D eigenvalue weighted by molar-refractivity contribution is 0.281. The minimum atomic E-state index is 0.111. The van der Waals surface area contributed by atoms with E-state index in [-0.39, 0.29) is 6.61 Å². The van der Waals surface area contributed by atoms with Crippen molar-refractivity contribution in [3.8, 4) is 0 Å². The maximum atomic E-state index is 9.08. The van der Waals surface area contributed by atoms with Crippen LogP contribution in [0.25, 0.3) is 6.08 Å². The molecule has 2 N–H and O–H groups in total. The molecule has 0 aliphatic heterocycles. The van der Waals surface area contributed by atoms with Crippen LogP contribution in [0.4, 0.5) is 0 Å². The van der Waals surface area contributed by atoms with Gasteiger partial charge in [-0.25, -0.2) is 0 Å². The van der Waals surface area contributed by atoms with E-state index in [4.69, 9.17) is 5.11 Å². The van der Waals surface area contributed by atoms with Crippen LogP contribution in [0.1, 0.15) is 16.7 Å². The molecule has 0 radical (unpaired) electrons. The summed E-state index contributed by atoms with van der Waals surface area (Å²) in [5.41, 5.74) is 3.27. The number of aliphatic hydroxyl groups is 1. The fourth-order valence-electron chi connectivity index (χ4n) is 1.28. The number of aliphatic hydroxyl groups excluding tert-OH is 1. The molecule has 1 aromatic rings. The van der Waals surface area contributed by atoms with E-state index in [1.807, 2.05) is 26.1 Å². The van der Waals surface area contributed by atoms with E-state index in [9.17, 15) is 0 Å². The summed E-state index contributed by atoms with van der Waals surface area (Å²) in [6.07, 6.45) is 4.11. The first-order chi connectivity index (χ1) is 6.77. The molecule has 0 saturated heterocycles. The van der Waals surface area contributed by atoms with Crippen LogP contribution in [0, 0.1) is 6.92 Å². The second-order valence-electron chi connectivity index (χ2n) is 3.30. The van der Waals surface area contributed by atoms with Gasteiger partial charge < -0.3 is 10.4 Å². The van der Waals surface area contributed by atoms with Gasteiger partial charge in [-0.2, -0.15) is 0 Å². The van der Waals surface area contributed by atoms with E-state index in [1.54, 1.807) is 0 Å². The number of likely N-dealkylation sites (N-methyl/N-ethyl adjacent to an activating group) is 1. The summed E-state index contributed by atoms with van der Waals surface area (Å²) in [7, 11) is 1.92. The largest absolute Gasteiger partial charge is 0.392 e. The molecule has 14 heavy (non-hydrogen) atoms. The summed E-state index contributed by atoms with van der Waals surface area (Å²) in [6, 6.07) is 6.10. The van der Waals surface area contributed by atoms with E-state index in [2.05, 4.69) is 23.5 Å². The van der Waals surface area contributed by atoms with E-state index in [0.29, 0.717) is 0 Å². The van der Waals surface area contributed by atoms with Gasteiger partial charge in [0.05, 0.1) is 6.61 Å². The molecule has 0 atom stereocenters. The van der Waals surface area contributed by atoms with Gasteiger partial charge in [-0.05, 0) is 36.7 Å². The van der Waals surface area contributed by atoms with Crippen molar-refractivity contribution in [2.45, 2.75) is 13.5 Å². The van der Waals surface area contributed by atoms with Crippen molar-refractivity contribution < 1.29 is 5.11 Å². The minimum Gasteiger partial charge on any atom is -0.392 e. The summed E-state index contributed by atoms with van der Waals surface area (Å²) < 4.78 is 0. The first kappa shape index (κ1) is 11.0. The molecule has 0 heterocycles. The lowest BCUT2D eigenvalue weighted by Crippen LogP contribution is -2.03. The molecule has 0 bridgehead atoms. The van der Waals surface area contributed by atoms with E-state index in [0.717, 1.165) is 23.2 Å². The SMILES string of the molecule is CNCC=Cc1ccc(C)c(CO)c1. The Hall–Kier alpha value is -1.12. The Bertz CT molecular complexity index is 318. The van der Waals surface area contributed by atoms with Gasteiger partial charge in [0, 0.05) is 6.54 Å². The van der Waals surface area contributed by atoms with Crippen LogP contribution in [0.3, 0.4) is 0 Å². The smallest absolute Gasteiger partial charge is 0.0684 e. The standard InChI is InChI=1S/C12H17NO/c1-10-5-6-11(4-3-7-13-2)8-12(10)9-14/h3-6,8,13-14H,7,9H2,1-2H3. The Balaban J connectivity index is 2.79. The molecule has 0 aliphatic rings. The second-order valence-corrected chi connectivity index (χ2v) is 3.30. The third kappa shape index (κ3) is 2.98. The van der Waals surface area contributed by atoms with Gasteiger partial charge in [0.15, 0.2) is 0 Å². The van der Waals surface area contributed by atoms with Crippen molar-refractivity contribution in [1.82, 2.24) is 5.32 Å². The Morgan fingerprint density at radius 2 is 2.21 bits per heavy atom. The quantitative estimate of drug-likeness (QED) is 0.759. The summed E-state index contributed by atoms with van der Waals surface area (Å²) in [4.78, 5) is 0. The monoisotopic (exact) mass is 191 g/mol. The highest BCUT2D eigenvalue weighted by Gasteiger charge is 1.96. The molecule has 2 heteroatoms. The summed E-state index contributed by atoms with van der Waals surface area (Å²) in [5, 5.41) is 12.1. The van der Waals surface area contributed by atoms with Gasteiger partial charge in [0.25, 0.3) is 0 Å². The molecule has 0 spiro atoms. The van der Waals surface area contributed by atoms with Crippen LogP contribution in [0.5, 0.6) is 0 Å². The van der Waals surface area contributed by atoms with Crippen molar-refractivity contribution in [1.29, 1.82) is 0 Å². The van der Waals surface area contributed by atoms with Crippen LogP contribution in [0.2, 0.25) is 0 Å². The van der Waals surface area contributed by atoms with Gasteiger partial charge in [0.2, 0.25) is 0 Å². The van der Waals surface area contributed by atoms with Gasteiger partial charge >= 0.3 is 0 Å². The van der Waals surface area contributed by atoms with E-state index in [1.165, 1.54) is 0 Å². The second kappa shape index (κ2) is 5.58. The number of nitrogens with one attached hydrogen (secondary N) is 1. The maximum Gasteiger partial charge on any atom is 0.0684 e. The molecule has 0 amide bonds. The number of hydrogen-bond donors (Lipinski definition) is 2. The fourth-order valence-corrected chi connectivity index (χ4v) is 1.28. The fraction of sp³-hybridized carbons (Fsp3) is 0.333. The lowest BCUT2D eigenvalue weighted by atomic mass is 10.1. The van der Waals surface area contributed by atoms with Crippen molar-refractivity contribution in [2.75, 3.05) is 13.6 Å². The van der Waals surface area contributed by atoms with Crippen molar-refractivity contribution in [2.24, 2.45) is 0 Å². The number of benzene rings is 1. The summed E-state index contributed by atoms with van der Waals surface area (Å²) >= 11 is 0. The minimum absolute atomic E-state index is 0.111. The van der Waals surface area contributed by atoms with Gasteiger partial charge in [0.1, 0.15) is 0 Å². The number of hydrogen-bond acceptors (Lipinski definition) is 2. The summed E-state index contributed by atoms with van der Waals surface area (Å²) in [6.45, 7) is 2.98. The van der Waals surface area contributed by atoms with E-state index >= 15 is 0 Å². The van der Waals surface area contributed by atoms with Crippen LogP contribution < -0.4 is 5.32 Å². The van der Waals surface area contributed by atoms with Gasteiger partial charge in [-0.1, -0.05) is 24.3 Å². The molecule has 76 valence electrons. The zero-order chi connectivity index (χ0) is 10.4. The Labute approximate surface area is 85.3 Å². The topological polar surface area (TPSA) is 32.3 Å². The maximum absolute atomic E-state index is 9.08. The predicted molar refractivity (Wildman–Crippen MR) is 60.1 cm³/mol. The highest BCUT2D eigenvalue weighted by molar-refractivity contribution is 5.51.